The molecule has 0 bridgehead atoms. The molecule has 10 heteroatoms. The first-order valence-corrected chi connectivity index (χ1v) is 9.67. The first-order chi connectivity index (χ1) is 13.8. The maximum Gasteiger partial charge on any atom is 0.271 e. The molecule has 1 aliphatic heterocycles. The smallest absolute Gasteiger partial charge is 0.271 e. The van der Waals surface area contributed by atoms with Crippen LogP contribution < -0.4 is 5.32 Å². The van der Waals surface area contributed by atoms with Crippen LogP contribution in [-0.2, 0) is 11.3 Å². The third kappa shape index (κ3) is 5.36. The Morgan fingerprint density at radius 3 is 2.62 bits per heavy atom. The Labute approximate surface area is 169 Å². The predicted octanol–water partition coefficient (Wildman–Crippen LogP) is 2.25. The maximum atomic E-state index is 12.6. The van der Waals surface area contributed by atoms with Crippen molar-refractivity contribution in [2.75, 3.05) is 31.5 Å². The van der Waals surface area contributed by atoms with E-state index in [1.54, 1.807) is 12.1 Å². The van der Waals surface area contributed by atoms with Crippen LogP contribution in [0, 0.1) is 10.1 Å². The number of non-ortho nitro benzene ring substituents is 1. The van der Waals surface area contributed by atoms with Gasteiger partial charge in [0.05, 0.1) is 17.5 Å². The molecule has 0 aliphatic carbocycles. The highest BCUT2D eigenvalue weighted by Gasteiger charge is 2.26. The van der Waals surface area contributed by atoms with E-state index in [1.807, 2.05) is 20.8 Å². The summed E-state index contributed by atoms with van der Waals surface area (Å²) in [5.74, 6) is 1.37. The van der Waals surface area contributed by atoms with Crippen molar-refractivity contribution in [3.05, 3.63) is 46.1 Å². The highest BCUT2D eigenvalue weighted by atomic mass is 16.6. The molecular weight excluding hydrogens is 376 g/mol. The number of piperazine rings is 1. The summed E-state index contributed by atoms with van der Waals surface area (Å²) < 4.78 is 5.31. The molecule has 1 saturated heterocycles. The lowest BCUT2D eigenvalue weighted by Crippen LogP contribution is -2.52. The number of nitro groups is 1. The second-order valence-electron chi connectivity index (χ2n) is 7.49. The summed E-state index contributed by atoms with van der Waals surface area (Å²) in [6, 6.07) is 5.61. The summed E-state index contributed by atoms with van der Waals surface area (Å²) in [5.41, 5.74) is 0.373. The Morgan fingerprint density at radius 1 is 1.28 bits per heavy atom. The number of amides is 1. The standard InChI is InChI=1S/C19H26N6O4/c1-13(2)18-21-17(29-22-18)12-23-7-9-24(10-8-23)14(3)19(26)20-15-5-4-6-16(11-15)25(27)28/h4-6,11,13-14H,7-10,12H2,1-3H3,(H,20,26). The van der Waals surface area contributed by atoms with Crippen molar-refractivity contribution in [2.24, 2.45) is 0 Å². The number of nitro benzene ring substituents is 1. The molecule has 2 aromatic rings. The normalized spacial score (nSPS) is 16.7. The van der Waals surface area contributed by atoms with Gasteiger partial charge in [-0.25, -0.2) is 0 Å². The predicted molar refractivity (Wildman–Crippen MR) is 106 cm³/mol. The molecule has 1 unspecified atom stereocenters. The summed E-state index contributed by atoms with van der Waals surface area (Å²) in [5, 5.41) is 17.6. The van der Waals surface area contributed by atoms with E-state index in [0.717, 1.165) is 26.2 Å². The monoisotopic (exact) mass is 402 g/mol. The molecule has 2 heterocycles. The van der Waals surface area contributed by atoms with Gasteiger partial charge in [0.15, 0.2) is 5.82 Å². The zero-order valence-electron chi connectivity index (χ0n) is 16.9. The zero-order valence-corrected chi connectivity index (χ0v) is 16.9. The van der Waals surface area contributed by atoms with E-state index < -0.39 is 4.92 Å². The van der Waals surface area contributed by atoms with Crippen molar-refractivity contribution in [3.8, 4) is 0 Å². The Kier molecular flexibility index (Phi) is 6.55. The van der Waals surface area contributed by atoms with Gasteiger partial charge in [-0.05, 0) is 13.0 Å². The Morgan fingerprint density at radius 2 is 2.00 bits per heavy atom. The molecule has 10 nitrogen and oxygen atoms in total. The molecule has 0 spiro atoms. The van der Waals surface area contributed by atoms with Gasteiger partial charge in [0.2, 0.25) is 11.8 Å². The van der Waals surface area contributed by atoms with Gasteiger partial charge in [0, 0.05) is 49.9 Å². The SMILES string of the molecule is CC(C)c1noc(CN2CCN(C(C)C(=O)Nc3cccc([N+](=O)[O-])c3)CC2)n1. The molecule has 1 N–H and O–H groups in total. The first-order valence-electron chi connectivity index (χ1n) is 9.67. The Balaban J connectivity index is 1.50. The highest BCUT2D eigenvalue weighted by Crippen LogP contribution is 2.18. The Bertz CT molecular complexity index is 860. The molecule has 1 amide bonds. The number of anilines is 1. The fourth-order valence-corrected chi connectivity index (χ4v) is 3.18. The highest BCUT2D eigenvalue weighted by molar-refractivity contribution is 5.94. The van der Waals surface area contributed by atoms with Crippen LogP contribution in [0.1, 0.15) is 38.4 Å². The first kappa shape index (κ1) is 20.9. The largest absolute Gasteiger partial charge is 0.338 e. The van der Waals surface area contributed by atoms with Crippen LogP contribution in [0.4, 0.5) is 11.4 Å². The molecule has 1 fully saturated rings. The third-order valence-corrected chi connectivity index (χ3v) is 5.02. The lowest BCUT2D eigenvalue weighted by molar-refractivity contribution is -0.384. The van der Waals surface area contributed by atoms with Crippen LogP contribution in [-0.4, -0.2) is 63.0 Å². The molecule has 29 heavy (non-hydrogen) atoms. The van der Waals surface area contributed by atoms with Gasteiger partial charge in [0.25, 0.3) is 5.69 Å². The van der Waals surface area contributed by atoms with E-state index in [0.29, 0.717) is 23.9 Å². The average molecular weight is 402 g/mol. The fourth-order valence-electron chi connectivity index (χ4n) is 3.18. The van der Waals surface area contributed by atoms with Gasteiger partial charge < -0.3 is 9.84 Å². The minimum absolute atomic E-state index is 0.0503. The van der Waals surface area contributed by atoms with E-state index in [4.69, 9.17) is 4.52 Å². The number of nitrogens with zero attached hydrogens (tertiary/aromatic N) is 5. The summed E-state index contributed by atoms with van der Waals surface area (Å²) >= 11 is 0. The second-order valence-corrected chi connectivity index (χ2v) is 7.49. The zero-order chi connectivity index (χ0) is 21.0. The topological polar surface area (TPSA) is 118 Å². The van der Waals surface area contributed by atoms with Gasteiger partial charge in [-0.3, -0.25) is 24.7 Å². The van der Waals surface area contributed by atoms with Gasteiger partial charge in [-0.2, -0.15) is 4.98 Å². The molecule has 0 saturated carbocycles. The Hall–Kier alpha value is -2.85. The molecule has 3 rings (SSSR count). The van der Waals surface area contributed by atoms with Crippen molar-refractivity contribution >= 4 is 17.3 Å². The van der Waals surface area contributed by atoms with Gasteiger partial charge in [-0.1, -0.05) is 25.1 Å². The molecule has 1 atom stereocenters. The van der Waals surface area contributed by atoms with Crippen LogP contribution in [0.25, 0.3) is 0 Å². The number of carbonyl (C=O) groups is 1. The number of carbonyl (C=O) groups excluding carboxylic acids is 1. The quantitative estimate of drug-likeness (QED) is 0.553. The molecule has 1 aromatic heterocycles. The molecule has 1 aromatic carbocycles. The number of nitrogens with one attached hydrogen (secondary N) is 1. The van der Waals surface area contributed by atoms with E-state index in [1.165, 1.54) is 12.1 Å². The van der Waals surface area contributed by atoms with Gasteiger partial charge in [0.1, 0.15) is 0 Å². The van der Waals surface area contributed by atoms with Crippen LogP contribution >= 0.6 is 0 Å². The molecule has 0 radical (unpaired) electrons. The van der Waals surface area contributed by atoms with Crippen molar-refractivity contribution < 1.29 is 14.2 Å². The van der Waals surface area contributed by atoms with Crippen LogP contribution in [0.3, 0.4) is 0 Å². The number of aromatic nitrogens is 2. The third-order valence-electron chi connectivity index (χ3n) is 5.02. The number of hydrogen-bond acceptors (Lipinski definition) is 8. The van der Waals surface area contributed by atoms with Gasteiger partial charge >= 0.3 is 0 Å². The van der Waals surface area contributed by atoms with Crippen LogP contribution in [0.15, 0.2) is 28.8 Å². The lowest BCUT2D eigenvalue weighted by atomic mass is 10.2. The molecule has 156 valence electrons. The second kappa shape index (κ2) is 9.10. The summed E-state index contributed by atoms with van der Waals surface area (Å²) in [4.78, 5) is 31.7. The van der Waals surface area contributed by atoms with E-state index in [2.05, 4.69) is 25.3 Å². The van der Waals surface area contributed by atoms with E-state index in [9.17, 15) is 14.9 Å². The van der Waals surface area contributed by atoms with Crippen molar-refractivity contribution in [1.29, 1.82) is 0 Å². The van der Waals surface area contributed by atoms with Crippen LogP contribution in [0.5, 0.6) is 0 Å². The van der Waals surface area contributed by atoms with Crippen molar-refractivity contribution in [1.82, 2.24) is 19.9 Å². The average Bonchev–Trinajstić information content (AvgIpc) is 3.17. The maximum absolute atomic E-state index is 12.6. The minimum atomic E-state index is -0.480. The summed E-state index contributed by atoms with van der Waals surface area (Å²) in [7, 11) is 0. The number of rotatable bonds is 7. The fraction of sp³-hybridized carbons (Fsp3) is 0.526. The molecule has 1 aliphatic rings. The van der Waals surface area contributed by atoms with Crippen molar-refractivity contribution in [3.63, 3.8) is 0 Å². The summed E-state index contributed by atoms with van der Waals surface area (Å²) in [6.45, 7) is 9.52. The lowest BCUT2D eigenvalue weighted by Gasteiger charge is -2.36. The van der Waals surface area contributed by atoms with Crippen molar-refractivity contribution in [2.45, 2.75) is 39.3 Å². The summed E-state index contributed by atoms with van der Waals surface area (Å²) in [6.07, 6.45) is 0. The minimum Gasteiger partial charge on any atom is -0.338 e. The number of hydrogen-bond donors (Lipinski definition) is 1. The molecular formula is C19H26N6O4. The number of benzene rings is 1. The van der Waals surface area contributed by atoms with E-state index in [-0.39, 0.29) is 23.6 Å². The van der Waals surface area contributed by atoms with E-state index >= 15 is 0 Å². The van der Waals surface area contributed by atoms with Gasteiger partial charge in [-0.15, -0.1) is 0 Å². The van der Waals surface area contributed by atoms with Crippen LogP contribution in [0.2, 0.25) is 0 Å².